The van der Waals surface area contributed by atoms with Gasteiger partial charge in [0.1, 0.15) is 17.9 Å². The van der Waals surface area contributed by atoms with E-state index in [1.165, 1.54) is 18.2 Å². The molecule has 1 unspecified atom stereocenters. The standard InChI is InChI=1S/C20H22N4O5/c1-4-28-20(27)16(11-13-5-7-14(25)8-6-13)22-18-15(12-21)19(26)29-17(23-18)9-10-24(2)3/h5-10,16,22,25H,4,11H2,1-3H3/b10-9+. The third-order valence-corrected chi connectivity index (χ3v) is 3.75. The number of anilines is 1. The number of aromatic nitrogens is 1. The van der Waals surface area contributed by atoms with E-state index in [2.05, 4.69) is 10.3 Å². The Labute approximate surface area is 167 Å². The molecule has 152 valence electrons. The second-order valence-electron chi connectivity index (χ2n) is 6.27. The molecule has 0 fully saturated rings. The van der Waals surface area contributed by atoms with Crippen LogP contribution in [-0.2, 0) is 16.0 Å². The number of phenols is 1. The van der Waals surface area contributed by atoms with Gasteiger partial charge in [-0.2, -0.15) is 10.2 Å². The van der Waals surface area contributed by atoms with Crippen LogP contribution in [0.15, 0.2) is 39.7 Å². The predicted octanol–water partition coefficient (Wildman–Crippen LogP) is 1.73. The minimum absolute atomic E-state index is 0.0163. The molecule has 2 N–H and O–H groups in total. The fourth-order valence-corrected chi connectivity index (χ4v) is 2.39. The van der Waals surface area contributed by atoms with Crippen molar-refractivity contribution in [2.45, 2.75) is 19.4 Å². The summed E-state index contributed by atoms with van der Waals surface area (Å²) in [5.41, 5.74) is -0.467. The number of ether oxygens (including phenoxy) is 1. The number of esters is 1. The highest BCUT2D eigenvalue weighted by atomic mass is 16.5. The van der Waals surface area contributed by atoms with Gasteiger partial charge in [0.2, 0.25) is 5.89 Å². The van der Waals surface area contributed by atoms with E-state index in [1.54, 1.807) is 50.3 Å². The summed E-state index contributed by atoms with van der Waals surface area (Å²) >= 11 is 0. The van der Waals surface area contributed by atoms with Crippen LogP contribution in [0.4, 0.5) is 5.82 Å². The molecular weight excluding hydrogens is 376 g/mol. The van der Waals surface area contributed by atoms with Gasteiger partial charge in [-0.3, -0.25) is 0 Å². The number of carbonyl (C=O) groups is 1. The molecule has 0 radical (unpaired) electrons. The Morgan fingerprint density at radius 1 is 1.41 bits per heavy atom. The van der Waals surface area contributed by atoms with E-state index in [4.69, 9.17) is 9.15 Å². The average molecular weight is 398 g/mol. The normalized spacial score (nSPS) is 11.7. The summed E-state index contributed by atoms with van der Waals surface area (Å²) in [6.07, 6.45) is 3.28. The first kappa shape index (κ1) is 21.5. The van der Waals surface area contributed by atoms with Crippen LogP contribution in [0.2, 0.25) is 0 Å². The van der Waals surface area contributed by atoms with E-state index >= 15 is 0 Å². The molecule has 0 aliphatic carbocycles. The Balaban J connectivity index is 2.40. The van der Waals surface area contributed by atoms with Crippen molar-refractivity contribution in [1.29, 1.82) is 5.26 Å². The van der Waals surface area contributed by atoms with E-state index in [-0.39, 0.29) is 36.0 Å². The highest BCUT2D eigenvalue weighted by molar-refractivity contribution is 5.80. The van der Waals surface area contributed by atoms with Gasteiger partial charge in [0, 0.05) is 32.8 Å². The van der Waals surface area contributed by atoms with Crippen molar-refractivity contribution in [2.75, 3.05) is 26.0 Å². The van der Waals surface area contributed by atoms with Crippen molar-refractivity contribution in [1.82, 2.24) is 9.88 Å². The third-order valence-electron chi connectivity index (χ3n) is 3.75. The number of nitriles is 1. The van der Waals surface area contributed by atoms with Gasteiger partial charge in [0.05, 0.1) is 6.61 Å². The van der Waals surface area contributed by atoms with Crippen molar-refractivity contribution in [3.63, 3.8) is 0 Å². The quantitative estimate of drug-likeness (QED) is 0.639. The maximum Gasteiger partial charge on any atom is 0.359 e. The molecule has 1 heterocycles. The Bertz CT molecular complexity index is 974. The molecule has 1 atom stereocenters. The summed E-state index contributed by atoms with van der Waals surface area (Å²) in [7, 11) is 3.57. The molecule has 9 nitrogen and oxygen atoms in total. The van der Waals surface area contributed by atoms with E-state index in [9.17, 15) is 20.0 Å². The fourth-order valence-electron chi connectivity index (χ4n) is 2.39. The molecule has 0 aliphatic rings. The molecule has 0 saturated heterocycles. The number of nitrogens with one attached hydrogen (secondary N) is 1. The van der Waals surface area contributed by atoms with Crippen LogP contribution in [-0.4, -0.2) is 47.7 Å². The summed E-state index contributed by atoms with van der Waals surface area (Å²) in [5, 5.41) is 21.6. The first-order valence-corrected chi connectivity index (χ1v) is 8.85. The predicted molar refractivity (Wildman–Crippen MR) is 106 cm³/mol. The summed E-state index contributed by atoms with van der Waals surface area (Å²) < 4.78 is 10.1. The van der Waals surface area contributed by atoms with E-state index in [0.29, 0.717) is 0 Å². The molecule has 1 aromatic heterocycles. The molecule has 9 heteroatoms. The number of carbonyl (C=O) groups excluding carboxylic acids is 1. The van der Waals surface area contributed by atoms with Gasteiger partial charge in [0.25, 0.3) is 0 Å². The summed E-state index contributed by atoms with van der Waals surface area (Å²) in [4.78, 5) is 30.5. The second kappa shape index (κ2) is 9.94. The van der Waals surface area contributed by atoms with E-state index < -0.39 is 17.6 Å². The SMILES string of the molecule is CCOC(=O)C(Cc1ccc(O)cc1)Nc1nc(/C=C/N(C)C)oc(=O)c1C#N. The lowest BCUT2D eigenvalue weighted by Gasteiger charge is -2.18. The molecule has 0 spiro atoms. The largest absolute Gasteiger partial charge is 0.508 e. The van der Waals surface area contributed by atoms with E-state index in [0.717, 1.165) is 5.56 Å². The highest BCUT2D eigenvalue weighted by Crippen LogP contribution is 2.16. The van der Waals surface area contributed by atoms with Crippen molar-refractivity contribution < 1.29 is 19.1 Å². The molecule has 2 aromatic rings. The van der Waals surface area contributed by atoms with E-state index in [1.807, 2.05) is 0 Å². The second-order valence-corrected chi connectivity index (χ2v) is 6.27. The molecule has 1 aromatic carbocycles. The van der Waals surface area contributed by atoms with Gasteiger partial charge in [0.15, 0.2) is 11.4 Å². The van der Waals surface area contributed by atoms with Crippen LogP contribution in [0.5, 0.6) is 5.75 Å². The zero-order valence-corrected chi connectivity index (χ0v) is 16.4. The lowest BCUT2D eigenvalue weighted by molar-refractivity contribution is -0.144. The van der Waals surface area contributed by atoms with Crippen molar-refractivity contribution in [3.8, 4) is 11.8 Å². The lowest BCUT2D eigenvalue weighted by Crippen LogP contribution is -2.35. The minimum atomic E-state index is -0.911. The molecule has 0 saturated carbocycles. The third kappa shape index (κ3) is 6.10. The average Bonchev–Trinajstić information content (AvgIpc) is 2.67. The van der Waals surface area contributed by atoms with Crippen LogP contribution in [0, 0.1) is 11.3 Å². The molecule has 29 heavy (non-hydrogen) atoms. The Kier molecular flexibility index (Phi) is 7.37. The van der Waals surface area contributed by atoms with Crippen LogP contribution in [0.1, 0.15) is 23.9 Å². The number of hydrogen-bond acceptors (Lipinski definition) is 9. The smallest absolute Gasteiger partial charge is 0.359 e. The summed E-state index contributed by atoms with van der Waals surface area (Å²) in [6.45, 7) is 1.84. The molecule has 2 rings (SSSR count). The monoisotopic (exact) mass is 398 g/mol. The van der Waals surface area contributed by atoms with Crippen LogP contribution >= 0.6 is 0 Å². The highest BCUT2D eigenvalue weighted by Gasteiger charge is 2.24. The number of benzene rings is 1. The number of phenolic OH excluding ortho intramolecular Hbond substituents is 1. The van der Waals surface area contributed by atoms with Gasteiger partial charge < -0.3 is 24.5 Å². The molecule has 0 amide bonds. The minimum Gasteiger partial charge on any atom is -0.508 e. The zero-order valence-electron chi connectivity index (χ0n) is 16.4. The first-order valence-electron chi connectivity index (χ1n) is 8.85. The fraction of sp³-hybridized carbons (Fsp3) is 0.300. The molecular formula is C20H22N4O5. The topological polar surface area (TPSA) is 129 Å². The Hall–Kier alpha value is -3.80. The first-order chi connectivity index (χ1) is 13.8. The lowest BCUT2D eigenvalue weighted by atomic mass is 10.1. The zero-order chi connectivity index (χ0) is 21.4. The van der Waals surface area contributed by atoms with Crippen molar-refractivity contribution in [2.24, 2.45) is 0 Å². The van der Waals surface area contributed by atoms with Gasteiger partial charge in [-0.15, -0.1) is 0 Å². The van der Waals surface area contributed by atoms with Gasteiger partial charge in [-0.25, -0.2) is 9.59 Å². The molecule has 0 aliphatic heterocycles. The number of rotatable bonds is 8. The summed E-state index contributed by atoms with van der Waals surface area (Å²) in [5.74, 6) is -0.554. The molecule has 0 bridgehead atoms. The maximum absolute atomic E-state index is 12.4. The number of nitrogens with zero attached hydrogens (tertiary/aromatic N) is 3. The van der Waals surface area contributed by atoms with Crippen LogP contribution in [0.25, 0.3) is 6.08 Å². The van der Waals surface area contributed by atoms with Crippen LogP contribution < -0.4 is 10.9 Å². The van der Waals surface area contributed by atoms with Gasteiger partial charge in [-0.05, 0) is 24.6 Å². The summed E-state index contributed by atoms with van der Waals surface area (Å²) in [6, 6.07) is 7.16. The Morgan fingerprint density at radius 3 is 2.69 bits per heavy atom. The van der Waals surface area contributed by atoms with Crippen molar-refractivity contribution >= 4 is 17.9 Å². The van der Waals surface area contributed by atoms with Crippen LogP contribution in [0.3, 0.4) is 0 Å². The maximum atomic E-state index is 12.4. The Morgan fingerprint density at radius 2 is 2.10 bits per heavy atom. The van der Waals surface area contributed by atoms with Gasteiger partial charge >= 0.3 is 11.6 Å². The van der Waals surface area contributed by atoms with Gasteiger partial charge in [-0.1, -0.05) is 12.1 Å². The number of hydrogen-bond donors (Lipinski definition) is 2. The number of aromatic hydroxyl groups is 1. The van der Waals surface area contributed by atoms with Crippen molar-refractivity contribution in [3.05, 3.63) is 57.9 Å².